The number of nitrogens with zero attached hydrogens (tertiary/aromatic N) is 1. The smallest absolute Gasteiger partial charge is 0.242 e. The molecule has 1 aliphatic carbocycles. The van der Waals surface area contributed by atoms with Crippen molar-refractivity contribution in [2.75, 3.05) is 4.90 Å². The molecule has 18 heavy (non-hydrogen) atoms. The van der Waals surface area contributed by atoms with Crippen LogP contribution in [0.2, 0.25) is 0 Å². The summed E-state index contributed by atoms with van der Waals surface area (Å²) in [5, 5.41) is 0. The Bertz CT molecular complexity index is 559. The van der Waals surface area contributed by atoms with Gasteiger partial charge in [-0.3, -0.25) is 9.59 Å². The van der Waals surface area contributed by atoms with Crippen LogP contribution in [-0.2, 0) is 9.59 Å². The number of benzene rings is 1. The Labute approximate surface area is 105 Å². The molecule has 0 aromatic heterocycles. The van der Waals surface area contributed by atoms with Gasteiger partial charge in [0.25, 0.3) is 0 Å². The molecule has 1 aliphatic heterocycles. The minimum Gasteiger partial charge on any atom is -0.274 e. The highest BCUT2D eigenvalue weighted by molar-refractivity contribution is 6.23. The number of carbonyl (C=O) groups excluding carboxylic acids is 2. The molecule has 0 spiro atoms. The Balaban J connectivity index is 2.03. The van der Waals surface area contributed by atoms with E-state index in [0.717, 1.165) is 5.57 Å². The number of carbonyl (C=O) groups is 2. The first kappa shape index (κ1) is 11.0. The van der Waals surface area contributed by atoms with Crippen molar-refractivity contribution in [2.24, 2.45) is 11.8 Å². The van der Waals surface area contributed by atoms with Crippen molar-refractivity contribution in [2.45, 2.75) is 6.42 Å². The number of para-hydroxylation sites is 1. The minimum atomic E-state index is -0.372. The Hall–Kier alpha value is -2.16. The second kappa shape index (κ2) is 3.95. The zero-order valence-electron chi connectivity index (χ0n) is 9.87. The fourth-order valence-corrected chi connectivity index (χ4v) is 2.68. The first-order chi connectivity index (χ1) is 8.70. The lowest BCUT2D eigenvalue weighted by atomic mass is 9.82. The van der Waals surface area contributed by atoms with Crippen molar-refractivity contribution < 1.29 is 9.59 Å². The molecule has 0 saturated carbocycles. The zero-order chi connectivity index (χ0) is 12.7. The lowest BCUT2D eigenvalue weighted by Crippen LogP contribution is -2.30. The fraction of sp³-hybridized carbons (Fsp3) is 0.200. The van der Waals surface area contributed by atoms with Crippen LogP contribution in [0.5, 0.6) is 0 Å². The Morgan fingerprint density at radius 2 is 1.83 bits per heavy atom. The van der Waals surface area contributed by atoms with E-state index in [4.69, 9.17) is 0 Å². The minimum absolute atomic E-state index is 0.110. The molecule has 1 heterocycles. The van der Waals surface area contributed by atoms with E-state index in [2.05, 4.69) is 6.58 Å². The van der Waals surface area contributed by atoms with E-state index in [9.17, 15) is 9.59 Å². The van der Waals surface area contributed by atoms with Gasteiger partial charge in [-0.25, -0.2) is 4.90 Å². The summed E-state index contributed by atoms with van der Waals surface area (Å²) in [4.78, 5) is 26.0. The van der Waals surface area contributed by atoms with Gasteiger partial charge in [-0.15, -0.1) is 0 Å². The molecule has 2 amide bonds. The molecule has 1 aromatic rings. The van der Waals surface area contributed by atoms with E-state index in [1.54, 1.807) is 12.1 Å². The van der Waals surface area contributed by atoms with E-state index < -0.39 is 0 Å². The fourth-order valence-electron chi connectivity index (χ4n) is 2.68. The summed E-state index contributed by atoms with van der Waals surface area (Å²) in [6, 6.07) is 9.07. The highest BCUT2D eigenvalue weighted by Gasteiger charge is 2.49. The average Bonchev–Trinajstić information content (AvgIpc) is 2.64. The molecule has 2 atom stereocenters. The third-order valence-corrected chi connectivity index (χ3v) is 3.56. The molecule has 90 valence electrons. The van der Waals surface area contributed by atoms with E-state index in [-0.39, 0.29) is 23.7 Å². The predicted octanol–water partition coefficient (Wildman–Crippen LogP) is 2.31. The number of fused-ring (bicyclic) bond motifs is 1. The second-order valence-electron chi connectivity index (χ2n) is 4.64. The molecule has 0 N–H and O–H groups in total. The number of amides is 2. The SMILES string of the molecule is C=C1C=CCC2C(=O)N(c3ccccc3)C(=O)C12. The van der Waals surface area contributed by atoms with Crippen LogP contribution in [0, 0.1) is 11.8 Å². The van der Waals surface area contributed by atoms with Gasteiger partial charge in [0.2, 0.25) is 11.8 Å². The van der Waals surface area contributed by atoms with Gasteiger partial charge < -0.3 is 0 Å². The van der Waals surface area contributed by atoms with Crippen molar-refractivity contribution in [3.05, 3.63) is 54.6 Å². The predicted molar refractivity (Wildman–Crippen MR) is 68.8 cm³/mol. The number of rotatable bonds is 1. The van der Waals surface area contributed by atoms with Crippen LogP contribution in [0.15, 0.2) is 54.6 Å². The van der Waals surface area contributed by atoms with E-state index in [0.29, 0.717) is 12.1 Å². The molecule has 3 rings (SSSR count). The van der Waals surface area contributed by atoms with Crippen LogP contribution >= 0.6 is 0 Å². The summed E-state index contributed by atoms with van der Waals surface area (Å²) in [5.41, 5.74) is 1.39. The van der Waals surface area contributed by atoms with Gasteiger partial charge in [0.1, 0.15) is 0 Å². The molecule has 1 aromatic carbocycles. The normalized spacial score (nSPS) is 26.7. The zero-order valence-corrected chi connectivity index (χ0v) is 9.87. The largest absolute Gasteiger partial charge is 0.274 e. The first-order valence-corrected chi connectivity index (χ1v) is 5.98. The average molecular weight is 239 g/mol. The summed E-state index contributed by atoms with van der Waals surface area (Å²) in [7, 11) is 0. The monoisotopic (exact) mass is 239 g/mol. The third kappa shape index (κ3) is 1.44. The van der Waals surface area contributed by atoms with E-state index in [1.165, 1.54) is 4.90 Å². The number of hydrogen-bond donors (Lipinski definition) is 0. The standard InChI is InChI=1S/C15H13NO2/c1-10-6-5-9-12-13(10)15(18)16(14(12)17)11-7-3-2-4-8-11/h2-8,12-13H,1,9H2. The molecule has 3 heteroatoms. The molecule has 3 nitrogen and oxygen atoms in total. The van der Waals surface area contributed by atoms with Crippen LogP contribution in [0.3, 0.4) is 0 Å². The summed E-state index contributed by atoms with van der Waals surface area (Å²) < 4.78 is 0. The van der Waals surface area contributed by atoms with E-state index in [1.807, 2.05) is 30.4 Å². The lowest BCUT2D eigenvalue weighted by Gasteiger charge is -2.17. The number of imide groups is 1. The van der Waals surface area contributed by atoms with Crippen molar-refractivity contribution in [1.29, 1.82) is 0 Å². The van der Waals surface area contributed by atoms with Crippen LogP contribution in [0.4, 0.5) is 5.69 Å². The molecular weight excluding hydrogens is 226 g/mol. The van der Waals surface area contributed by atoms with Gasteiger partial charge in [0, 0.05) is 0 Å². The third-order valence-electron chi connectivity index (χ3n) is 3.56. The van der Waals surface area contributed by atoms with Gasteiger partial charge in [-0.05, 0) is 24.1 Å². The maximum Gasteiger partial charge on any atom is 0.242 e. The maximum atomic E-state index is 12.4. The molecule has 1 fully saturated rings. The van der Waals surface area contributed by atoms with Gasteiger partial charge >= 0.3 is 0 Å². The molecule has 0 bridgehead atoms. The van der Waals surface area contributed by atoms with Gasteiger partial charge in [-0.1, -0.05) is 36.9 Å². The molecule has 0 radical (unpaired) electrons. The van der Waals surface area contributed by atoms with Crippen LogP contribution < -0.4 is 4.90 Å². The van der Waals surface area contributed by atoms with Crippen molar-refractivity contribution >= 4 is 17.5 Å². The van der Waals surface area contributed by atoms with Gasteiger partial charge in [0.15, 0.2) is 0 Å². The van der Waals surface area contributed by atoms with Gasteiger partial charge in [-0.2, -0.15) is 0 Å². The molecule has 2 aliphatic rings. The highest BCUT2D eigenvalue weighted by atomic mass is 16.2. The summed E-state index contributed by atoms with van der Waals surface area (Å²) in [6.45, 7) is 3.88. The first-order valence-electron chi connectivity index (χ1n) is 5.98. The van der Waals surface area contributed by atoms with Crippen molar-refractivity contribution in [1.82, 2.24) is 0 Å². The Morgan fingerprint density at radius 3 is 2.50 bits per heavy atom. The quantitative estimate of drug-likeness (QED) is 0.705. The van der Waals surface area contributed by atoms with Crippen molar-refractivity contribution in [3.63, 3.8) is 0 Å². The van der Waals surface area contributed by atoms with Crippen LogP contribution in [-0.4, -0.2) is 11.8 Å². The molecule has 1 saturated heterocycles. The van der Waals surface area contributed by atoms with E-state index >= 15 is 0 Å². The lowest BCUT2D eigenvalue weighted by molar-refractivity contribution is -0.122. The number of hydrogen-bond acceptors (Lipinski definition) is 2. The molecule has 2 unspecified atom stereocenters. The summed E-state index contributed by atoms with van der Waals surface area (Å²) in [6.07, 6.45) is 4.39. The maximum absolute atomic E-state index is 12.4. The Morgan fingerprint density at radius 1 is 1.11 bits per heavy atom. The van der Waals surface area contributed by atoms with Gasteiger partial charge in [0.05, 0.1) is 17.5 Å². The van der Waals surface area contributed by atoms with Crippen molar-refractivity contribution in [3.8, 4) is 0 Å². The van der Waals surface area contributed by atoms with Crippen LogP contribution in [0.1, 0.15) is 6.42 Å². The second-order valence-corrected chi connectivity index (χ2v) is 4.64. The summed E-state index contributed by atoms with van der Waals surface area (Å²) >= 11 is 0. The Kier molecular flexibility index (Phi) is 2.40. The molecular formula is C15H13NO2. The summed E-state index contributed by atoms with van der Waals surface area (Å²) in [5.74, 6) is -0.898. The highest BCUT2D eigenvalue weighted by Crippen LogP contribution is 2.39. The number of anilines is 1. The van der Waals surface area contributed by atoms with Crippen LogP contribution in [0.25, 0.3) is 0 Å². The topological polar surface area (TPSA) is 37.4 Å². The number of allylic oxidation sites excluding steroid dienone is 2.